The fourth-order valence-electron chi connectivity index (χ4n) is 3.29. The van der Waals surface area contributed by atoms with E-state index in [4.69, 9.17) is 0 Å². The minimum atomic E-state index is -4.45. The maximum Gasteiger partial charge on any atom is 0.416 e. The van der Waals surface area contributed by atoms with Crippen molar-refractivity contribution < 1.29 is 22.8 Å². The van der Waals surface area contributed by atoms with Gasteiger partial charge in [-0.25, -0.2) is 0 Å². The monoisotopic (exact) mass is 457 g/mol. The molecule has 0 radical (unpaired) electrons. The second-order valence-corrected chi connectivity index (χ2v) is 8.48. The summed E-state index contributed by atoms with van der Waals surface area (Å²) in [4.78, 5) is 26.4. The van der Waals surface area contributed by atoms with Gasteiger partial charge in [0.1, 0.15) is 0 Å². The van der Waals surface area contributed by atoms with Crippen LogP contribution < -0.4 is 5.32 Å². The lowest BCUT2D eigenvalue weighted by Crippen LogP contribution is -2.26. The number of carbonyl (C=O) groups excluding carboxylic acids is 2. The highest BCUT2D eigenvalue weighted by molar-refractivity contribution is 7.14. The lowest BCUT2D eigenvalue weighted by Gasteiger charge is -2.12. The smallest absolute Gasteiger partial charge is 0.345 e. The summed E-state index contributed by atoms with van der Waals surface area (Å²) in [6, 6.07) is 13.0. The molecule has 0 fully saturated rings. The van der Waals surface area contributed by atoms with Crippen LogP contribution in [0.2, 0.25) is 0 Å². The van der Waals surface area contributed by atoms with Gasteiger partial charge in [0.25, 0.3) is 5.91 Å². The van der Waals surface area contributed by atoms with Crippen LogP contribution in [0.15, 0.2) is 60.8 Å². The number of hydrogen-bond donors (Lipinski definition) is 2. The van der Waals surface area contributed by atoms with Crippen LogP contribution >= 0.6 is 11.3 Å². The largest absolute Gasteiger partial charge is 0.416 e. The van der Waals surface area contributed by atoms with E-state index in [1.54, 1.807) is 43.5 Å². The molecular formula is C23H18F3N3O2S. The minimum Gasteiger partial charge on any atom is -0.345 e. The van der Waals surface area contributed by atoms with Crippen molar-refractivity contribution in [3.63, 3.8) is 0 Å². The number of benzene rings is 2. The van der Waals surface area contributed by atoms with Crippen molar-refractivity contribution in [2.75, 3.05) is 0 Å². The second kappa shape index (κ2) is 8.58. The van der Waals surface area contributed by atoms with Crippen molar-refractivity contribution in [2.24, 2.45) is 0 Å². The van der Waals surface area contributed by atoms with Gasteiger partial charge in [-0.2, -0.15) is 18.3 Å². The lowest BCUT2D eigenvalue weighted by atomic mass is 10.0. The van der Waals surface area contributed by atoms with Crippen LogP contribution in [0, 0.1) is 0 Å². The number of fused-ring (bicyclic) bond motifs is 1. The number of rotatable bonds is 6. The molecule has 4 rings (SSSR count). The van der Waals surface area contributed by atoms with Crippen molar-refractivity contribution in [3.8, 4) is 0 Å². The second-order valence-electron chi connectivity index (χ2n) is 7.37. The zero-order chi connectivity index (χ0) is 22.9. The summed E-state index contributed by atoms with van der Waals surface area (Å²) in [6.07, 6.45) is -2.91. The number of Topliss-reactive ketones (excluding diaryl/α,β-unsaturated/α-hetero) is 1. The van der Waals surface area contributed by atoms with Crippen LogP contribution in [0.1, 0.15) is 49.0 Å². The van der Waals surface area contributed by atoms with Gasteiger partial charge in [0.15, 0.2) is 5.78 Å². The molecule has 2 heterocycles. The van der Waals surface area contributed by atoms with Crippen LogP contribution in [0.3, 0.4) is 0 Å². The first kappa shape index (κ1) is 21.8. The maximum absolute atomic E-state index is 12.9. The molecule has 32 heavy (non-hydrogen) atoms. The molecule has 5 nitrogen and oxygen atoms in total. The number of nitrogens with zero attached hydrogens (tertiary/aromatic N) is 1. The third kappa shape index (κ3) is 4.72. The Morgan fingerprint density at radius 2 is 1.94 bits per heavy atom. The van der Waals surface area contributed by atoms with E-state index in [1.807, 2.05) is 0 Å². The molecule has 0 saturated heterocycles. The highest BCUT2D eigenvalue weighted by Crippen LogP contribution is 2.30. The van der Waals surface area contributed by atoms with Gasteiger partial charge < -0.3 is 5.32 Å². The molecule has 0 aliphatic heterocycles. The number of ketones is 1. The van der Waals surface area contributed by atoms with E-state index in [-0.39, 0.29) is 24.2 Å². The van der Waals surface area contributed by atoms with E-state index >= 15 is 0 Å². The van der Waals surface area contributed by atoms with Gasteiger partial charge in [-0.3, -0.25) is 14.7 Å². The number of H-pyrrole nitrogens is 1. The number of thiophene rings is 1. The number of aromatic nitrogens is 2. The Hall–Kier alpha value is -3.46. The standard InChI is InChI=1S/C23H18F3N3O2S/c1-13(28-22(31)15-5-6-16-12-27-29-18(16)11-15)20-7-8-21(32-20)19(30)10-14-3-2-4-17(9-14)23(24,25)26/h2-9,11-13H,10H2,1H3,(H,27,29)(H,28,31). The molecule has 2 aromatic heterocycles. The summed E-state index contributed by atoms with van der Waals surface area (Å²) in [6.45, 7) is 1.81. The summed E-state index contributed by atoms with van der Waals surface area (Å²) < 4.78 is 38.7. The maximum atomic E-state index is 12.9. The summed E-state index contributed by atoms with van der Waals surface area (Å²) in [5.41, 5.74) is 0.754. The first-order valence-corrected chi connectivity index (χ1v) is 10.6. The van der Waals surface area contributed by atoms with Crippen LogP contribution in [-0.2, 0) is 12.6 Å². The Morgan fingerprint density at radius 3 is 2.72 bits per heavy atom. The molecule has 9 heteroatoms. The molecule has 0 spiro atoms. The SMILES string of the molecule is CC(NC(=O)c1ccc2cn[nH]c2c1)c1ccc(C(=O)Cc2cccc(C(F)(F)F)c2)s1. The summed E-state index contributed by atoms with van der Waals surface area (Å²) >= 11 is 1.22. The summed E-state index contributed by atoms with van der Waals surface area (Å²) in [5.74, 6) is -0.539. The predicted octanol–water partition coefficient (Wildman–Crippen LogP) is 5.56. The van der Waals surface area contributed by atoms with Crippen molar-refractivity contribution >= 4 is 33.9 Å². The molecule has 1 amide bonds. The van der Waals surface area contributed by atoms with E-state index in [0.717, 1.165) is 27.9 Å². The fourth-order valence-corrected chi connectivity index (χ4v) is 4.24. The molecule has 0 aliphatic rings. The quantitative estimate of drug-likeness (QED) is 0.372. The van der Waals surface area contributed by atoms with E-state index in [2.05, 4.69) is 15.5 Å². The predicted molar refractivity (Wildman–Crippen MR) is 116 cm³/mol. The highest BCUT2D eigenvalue weighted by atomic mass is 32.1. The number of carbonyl (C=O) groups is 2. The molecular weight excluding hydrogens is 439 g/mol. The van der Waals surface area contributed by atoms with Crippen molar-refractivity contribution in [1.82, 2.24) is 15.5 Å². The number of hydrogen-bond acceptors (Lipinski definition) is 4. The third-order valence-electron chi connectivity index (χ3n) is 5.00. The van der Waals surface area contributed by atoms with Gasteiger partial charge in [-0.15, -0.1) is 11.3 Å². The number of aromatic amines is 1. The van der Waals surface area contributed by atoms with Gasteiger partial charge in [-0.1, -0.05) is 24.3 Å². The summed E-state index contributed by atoms with van der Waals surface area (Å²) in [5, 5.41) is 10.5. The van der Waals surface area contributed by atoms with Crippen molar-refractivity contribution in [3.05, 3.63) is 87.2 Å². The van der Waals surface area contributed by atoms with Crippen molar-refractivity contribution in [2.45, 2.75) is 25.6 Å². The average molecular weight is 457 g/mol. The molecule has 2 aromatic carbocycles. The third-order valence-corrected chi connectivity index (χ3v) is 6.31. The number of halogens is 3. The van der Waals surface area contributed by atoms with Crippen molar-refractivity contribution in [1.29, 1.82) is 0 Å². The van der Waals surface area contributed by atoms with Gasteiger partial charge in [0.05, 0.1) is 28.2 Å². The molecule has 164 valence electrons. The van der Waals surface area contributed by atoms with E-state index < -0.39 is 11.7 Å². The first-order chi connectivity index (χ1) is 15.2. The highest BCUT2D eigenvalue weighted by Gasteiger charge is 2.30. The van der Waals surface area contributed by atoms with E-state index in [9.17, 15) is 22.8 Å². The average Bonchev–Trinajstić information content (AvgIpc) is 3.42. The van der Waals surface area contributed by atoms with E-state index in [1.165, 1.54) is 23.5 Å². The lowest BCUT2D eigenvalue weighted by molar-refractivity contribution is -0.137. The Labute approximate surface area is 185 Å². The Morgan fingerprint density at radius 1 is 1.12 bits per heavy atom. The summed E-state index contributed by atoms with van der Waals surface area (Å²) in [7, 11) is 0. The van der Waals surface area contributed by atoms with Crippen LogP contribution in [0.4, 0.5) is 13.2 Å². The molecule has 0 bridgehead atoms. The van der Waals surface area contributed by atoms with Gasteiger partial charge >= 0.3 is 6.18 Å². The zero-order valence-electron chi connectivity index (χ0n) is 16.9. The molecule has 1 atom stereocenters. The van der Waals surface area contributed by atoms with Crippen LogP contribution in [-0.4, -0.2) is 21.9 Å². The molecule has 1 unspecified atom stereocenters. The van der Waals surface area contributed by atoms with Gasteiger partial charge in [-0.05, 0) is 42.8 Å². The Balaban J connectivity index is 1.42. The fraction of sp³-hybridized carbons (Fsp3) is 0.174. The van der Waals surface area contributed by atoms with Crippen LogP contribution in [0.5, 0.6) is 0 Å². The molecule has 0 aliphatic carbocycles. The molecule has 2 N–H and O–H groups in total. The number of amides is 1. The van der Waals surface area contributed by atoms with Crippen LogP contribution in [0.25, 0.3) is 10.9 Å². The Kier molecular flexibility index (Phi) is 5.84. The van der Waals surface area contributed by atoms with Gasteiger partial charge in [0.2, 0.25) is 0 Å². The topological polar surface area (TPSA) is 74.8 Å². The number of nitrogens with one attached hydrogen (secondary N) is 2. The molecule has 4 aromatic rings. The van der Waals surface area contributed by atoms with E-state index in [0.29, 0.717) is 16.0 Å². The Bertz CT molecular complexity index is 1290. The van der Waals surface area contributed by atoms with Gasteiger partial charge in [0, 0.05) is 22.2 Å². The minimum absolute atomic E-state index is 0.130. The zero-order valence-corrected chi connectivity index (χ0v) is 17.7. The normalized spacial score (nSPS) is 12.6. The first-order valence-electron chi connectivity index (χ1n) is 9.74. The molecule has 0 saturated carbocycles. The number of alkyl halides is 3.